The average molecular weight is 646 g/mol. The summed E-state index contributed by atoms with van der Waals surface area (Å²) in [4.78, 5) is 26.7. The second-order valence-corrected chi connectivity index (χ2v) is 13.1. The minimum Gasteiger partial charge on any atom is -0.454 e. The number of carbonyl (C=O) groups excluding carboxylic acids is 2. The van der Waals surface area contributed by atoms with Crippen LogP contribution in [0, 0.1) is 17.6 Å². The normalized spacial score (nSPS) is 17.4. The molecule has 0 unspecified atom stereocenters. The first-order chi connectivity index (χ1) is 21.4. The van der Waals surface area contributed by atoms with Crippen molar-refractivity contribution in [3.63, 3.8) is 0 Å². The van der Waals surface area contributed by atoms with E-state index in [1.165, 1.54) is 18.2 Å². The van der Waals surface area contributed by atoms with Gasteiger partial charge in [0.2, 0.25) is 16.8 Å². The molecule has 1 fully saturated rings. The molecule has 45 heavy (non-hydrogen) atoms. The molecule has 2 heterocycles. The lowest BCUT2D eigenvalue weighted by Crippen LogP contribution is -2.53. The van der Waals surface area contributed by atoms with Crippen LogP contribution in [0.2, 0.25) is 0 Å². The topological polar surface area (TPSA) is 135 Å². The Labute approximate surface area is 259 Å². The Morgan fingerprint density at radius 1 is 1.04 bits per heavy atom. The van der Waals surface area contributed by atoms with Crippen molar-refractivity contribution < 1.29 is 46.1 Å². The van der Waals surface area contributed by atoms with Crippen LogP contribution in [-0.4, -0.2) is 74.5 Å². The maximum Gasteiger partial charge on any atom is 0.415 e. The Morgan fingerprint density at radius 3 is 2.49 bits per heavy atom. The highest BCUT2D eigenvalue weighted by molar-refractivity contribution is 7.89. The van der Waals surface area contributed by atoms with Crippen LogP contribution in [0.5, 0.6) is 11.5 Å². The highest BCUT2D eigenvalue weighted by Gasteiger charge is 2.40. The van der Waals surface area contributed by atoms with Crippen molar-refractivity contribution in [3.8, 4) is 11.5 Å². The number of halogens is 2. The van der Waals surface area contributed by atoms with Crippen molar-refractivity contribution >= 4 is 27.7 Å². The van der Waals surface area contributed by atoms with E-state index in [9.17, 15) is 31.9 Å². The van der Waals surface area contributed by atoms with Gasteiger partial charge in [-0.2, -0.15) is 4.31 Å². The average Bonchev–Trinajstić information content (AvgIpc) is 3.63. The predicted molar refractivity (Wildman–Crippen MR) is 158 cm³/mol. The standard InChI is InChI=1S/C31H33F2N3O8S/c1-19(2)15-35(45(40,41)22-9-11-27-28(14-22)43-18-42-27)16-26(37)24(12-20-6-4-3-5-7-20)34-30(38)29-17-36(31(39)44-29)25-10-8-21(32)13-23(25)33/h3-11,13-14,19,24,26,29,37H,12,15-18H2,1-2H3,(H,34,38)/t24-,26+,29-/m0/s1. The number of anilines is 1. The van der Waals surface area contributed by atoms with E-state index in [0.717, 1.165) is 26.9 Å². The number of nitrogens with one attached hydrogen (secondary N) is 1. The van der Waals surface area contributed by atoms with Crippen molar-refractivity contribution in [1.29, 1.82) is 0 Å². The van der Waals surface area contributed by atoms with Crippen molar-refractivity contribution in [2.24, 2.45) is 5.92 Å². The molecular weight excluding hydrogens is 612 g/mol. The van der Waals surface area contributed by atoms with Crippen LogP contribution in [-0.2, 0) is 26.0 Å². The molecular formula is C31H33F2N3O8S. The molecule has 2 amide bonds. The number of sulfonamides is 1. The molecule has 3 aromatic carbocycles. The van der Waals surface area contributed by atoms with Crippen LogP contribution in [0.25, 0.3) is 0 Å². The number of fused-ring (bicyclic) bond motifs is 1. The fourth-order valence-electron chi connectivity index (χ4n) is 5.12. The number of amides is 2. The molecule has 2 aliphatic rings. The summed E-state index contributed by atoms with van der Waals surface area (Å²) in [5, 5.41) is 14.2. The molecule has 240 valence electrons. The second kappa shape index (κ2) is 13.4. The molecule has 0 radical (unpaired) electrons. The number of aliphatic hydroxyl groups is 1. The van der Waals surface area contributed by atoms with Gasteiger partial charge in [0.25, 0.3) is 5.91 Å². The molecule has 0 aromatic heterocycles. The van der Waals surface area contributed by atoms with E-state index < -0.39 is 51.9 Å². The SMILES string of the molecule is CC(C)CN(C[C@@H](O)[C@H](Cc1ccccc1)NC(=O)[C@@H]1CN(c2ccc(F)cc2F)C(=O)O1)S(=O)(=O)c1ccc2c(c1)OCO2. The summed E-state index contributed by atoms with van der Waals surface area (Å²) >= 11 is 0. The number of benzene rings is 3. The Kier molecular flexibility index (Phi) is 9.56. The fraction of sp³-hybridized carbons (Fsp3) is 0.355. The van der Waals surface area contributed by atoms with E-state index in [2.05, 4.69) is 5.32 Å². The van der Waals surface area contributed by atoms with E-state index in [-0.39, 0.29) is 55.1 Å². The van der Waals surface area contributed by atoms with Gasteiger partial charge in [-0.05, 0) is 42.2 Å². The first kappa shape index (κ1) is 32.1. The molecule has 2 aliphatic heterocycles. The number of rotatable bonds is 12. The molecule has 0 bridgehead atoms. The van der Waals surface area contributed by atoms with E-state index in [0.29, 0.717) is 11.8 Å². The largest absolute Gasteiger partial charge is 0.454 e. The Morgan fingerprint density at radius 2 is 1.78 bits per heavy atom. The summed E-state index contributed by atoms with van der Waals surface area (Å²) in [5.74, 6) is -2.01. The minimum atomic E-state index is -4.13. The van der Waals surface area contributed by atoms with Gasteiger partial charge in [-0.25, -0.2) is 22.0 Å². The molecule has 3 atom stereocenters. The third-order valence-corrected chi connectivity index (χ3v) is 9.16. The molecule has 11 nitrogen and oxygen atoms in total. The van der Waals surface area contributed by atoms with Crippen molar-refractivity contribution in [3.05, 3.63) is 83.9 Å². The first-order valence-corrected chi connectivity index (χ1v) is 15.7. The third kappa shape index (κ3) is 7.35. The van der Waals surface area contributed by atoms with Crippen LogP contribution < -0.4 is 19.7 Å². The monoisotopic (exact) mass is 645 g/mol. The molecule has 3 aromatic rings. The second-order valence-electron chi connectivity index (χ2n) is 11.2. The smallest absolute Gasteiger partial charge is 0.415 e. The van der Waals surface area contributed by atoms with Gasteiger partial charge in [-0.3, -0.25) is 9.69 Å². The molecule has 0 aliphatic carbocycles. The summed E-state index contributed by atoms with van der Waals surface area (Å²) in [7, 11) is -4.13. The van der Waals surface area contributed by atoms with E-state index in [1.54, 1.807) is 30.3 Å². The Bertz CT molecular complexity index is 1660. The van der Waals surface area contributed by atoms with Crippen LogP contribution >= 0.6 is 0 Å². The maximum atomic E-state index is 14.4. The van der Waals surface area contributed by atoms with E-state index in [1.807, 2.05) is 13.8 Å². The van der Waals surface area contributed by atoms with Gasteiger partial charge < -0.3 is 24.6 Å². The van der Waals surface area contributed by atoms with E-state index in [4.69, 9.17) is 14.2 Å². The Balaban J connectivity index is 1.36. The van der Waals surface area contributed by atoms with Gasteiger partial charge in [0.1, 0.15) is 11.6 Å². The maximum absolute atomic E-state index is 14.4. The zero-order valence-corrected chi connectivity index (χ0v) is 25.4. The number of hydrogen-bond donors (Lipinski definition) is 2. The van der Waals surface area contributed by atoms with Gasteiger partial charge >= 0.3 is 6.09 Å². The number of hydrogen-bond acceptors (Lipinski definition) is 8. The van der Waals surface area contributed by atoms with Gasteiger partial charge in [-0.1, -0.05) is 44.2 Å². The summed E-state index contributed by atoms with van der Waals surface area (Å²) in [6, 6.07) is 14.8. The molecule has 2 N–H and O–H groups in total. The highest BCUT2D eigenvalue weighted by atomic mass is 32.2. The van der Waals surface area contributed by atoms with Gasteiger partial charge in [0.15, 0.2) is 17.6 Å². The minimum absolute atomic E-state index is 0.0268. The Hall–Kier alpha value is -4.27. The third-order valence-electron chi connectivity index (χ3n) is 7.34. The summed E-state index contributed by atoms with van der Waals surface area (Å²) in [5.41, 5.74) is 0.491. The predicted octanol–water partition coefficient (Wildman–Crippen LogP) is 3.45. The van der Waals surface area contributed by atoms with Crippen molar-refractivity contribution in [2.45, 2.75) is 43.4 Å². The number of cyclic esters (lactones) is 1. The zero-order chi connectivity index (χ0) is 32.3. The van der Waals surface area contributed by atoms with Gasteiger partial charge in [-0.15, -0.1) is 0 Å². The lowest BCUT2D eigenvalue weighted by molar-refractivity contribution is -0.129. The number of nitrogens with zero attached hydrogens (tertiary/aromatic N) is 2. The fourth-order valence-corrected chi connectivity index (χ4v) is 6.76. The van der Waals surface area contributed by atoms with Crippen LogP contribution in [0.4, 0.5) is 19.3 Å². The molecule has 0 spiro atoms. The lowest BCUT2D eigenvalue weighted by atomic mass is 10.0. The summed E-state index contributed by atoms with van der Waals surface area (Å²) < 4.78 is 72.3. The van der Waals surface area contributed by atoms with Gasteiger partial charge in [0, 0.05) is 25.2 Å². The van der Waals surface area contributed by atoms with Crippen LogP contribution in [0.1, 0.15) is 19.4 Å². The summed E-state index contributed by atoms with van der Waals surface area (Å²) in [6.07, 6.45) is -3.67. The molecule has 1 saturated heterocycles. The number of carbonyl (C=O) groups is 2. The van der Waals surface area contributed by atoms with Gasteiger partial charge in [0.05, 0.1) is 29.3 Å². The molecule has 14 heteroatoms. The molecule has 0 saturated carbocycles. The number of ether oxygens (including phenoxy) is 3. The molecule has 5 rings (SSSR count). The first-order valence-electron chi connectivity index (χ1n) is 14.3. The van der Waals surface area contributed by atoms with Crippen LogP contribution in [0.3, 0.4) is 0 Å². The zero-order valence-electron chi connectivity index (χ0n) is 24.6. The number of aliphatic hydroxyl groups excluding tert-OH is 1. The highest BCUT2D eigenvalue weighted by Crippen LogP contribution is 2.35. The summed E-state index contributed by atoms with van der Waals surface area (Å²) in [6.45, 7) is 2.98. The quantitative estimate of drug-likeness (QED) is 0.306. The lowest BCUT2D eigenvalue weighted by Gasteiger charge is -2.31. The van der Waals surface area contributed by atoms with Crippen LogP contribution in [0.15, 0.2) is 71.6 Å². The van der Waals surface area contributed by atoms with E-state index >= 15 is 0 Å². The van der Waals surface area contributed by atoms with Crippen molar-refractivity contribution in [1.82, 2.24) is 9.62 Å². The van der Waals surface area contributed by atoms with Crippen molar-refractivity contribution in [2.75, 3.05) is 31.3 Å².